The fraction of sp³-hybridized carbons (Fsp3) is 0.318. The number of carbonyl (C=O) groups excluding carboxylic acids is 1. The van der Waals surface area contributed by atoms with E-state index in [9.17, 15) is 4.79 Å². The van der Waals surface area contributed by atoms with Gasteiger partial charge in [0.1, 0.15) is 12.4 Å². The molecule has 1 N–H and O–H groups in total. The Morgan fingerprint density at radius 3 is 2.62 bits per heavy atom. The first-order valence-corrected chi connectivity index (χ1v) is 9.21. The number of nitrogens with zero attached hydrogens (tertiary/aromatic N) is 1. The van der Waals surface area contributed by atoms with Gasteiger partial charge in [0.05, 0.1) is 0 Å². The highest BCUT2D eigenvalue weighted by molar-refractivity contribution is 6.04. The lowest BCUT2D eigenvalue weighted by atomic mass is 10.1. The van der Waals surface area contributed by atoms with Crippen molar-refractivity contribution in [3.63, 3.8) is 0 Å². The summed E-state index contributed by atoms with van der Waals surface area (Å²) in [5, 5.41) is 2.92. The van der Waals surface area contributed by atoms with Crippen molar-refractivity contribution in [3.8, 4) is 5.75 Å². The third kappa shape index (κ3) is 5.20. The predicted octanol–water partition coefficient (Wildman–Crippen LogP) is 4.49. The molecule has 4 heteroatoms. The largest absolute Gasteiger partial charge is 0.489 e. The van der Waals surface area contributed by atoms with Crippen molar-refractivity contribution in [2.24, 2.45) is 0 Å². The molecule has 136 valence electrons. The number of hydrogen-bond donors (Lipinski definition) is 1. The van der Waals surface area contributed by atoms with Crippen LogP contribution in [0.2, 0.25) is 0 Å². The zero-order valence-electron chi connectivity index (χ0n) is 15.1. The Morgan fingerprint density at radius 2 is 1.88 bits per heavy atom. The molecule has 3 rings (SSSR count). The van der Waals surface area contributed by atoms with Gasteiger partial charge < -0.3 is 10.1 Å². The van der Waals surface area contributed by atoms with E-state index in [0.29, 0.717) is 23.6 Å². The SMILES string of the molecule is C=CCOc1cccc(NC(=O)c2ccc(CN3CCCCC3)cc2)c1. The first-order valence-electron chi connectivity index (χ1n) is 9.21. The molecule has 0 atom stereocenters. The van der Waals surface area contributed by atoms with E-state index in [1.165, 1.54) is 37.9 Å². The maximum atomic E-state index is 12.5. The Morgan fingerprint density at radius 1 is 1.12 bits per heavy atom. The Bertz CT molecular complexity index is 734. The molecule has 1 aliphatic rings. The van der Waals surface area contributed by atoms with Crippen molar-refractivity contribution >= 4 is 11.6 Å². The predicted molar refractivity (Wildman–Crippen MR) is 106 cm³/mol. The van der Waals surface area contributed by atoms with E-state index < -0.39 is 0 Å². The lowest BCUT2D eigenvalue weighted by Gasteiger charge is -2.26. The number of piperidine rings is 1. The maximum absolute atomic E-state index is 12.5. The van der Waals surface area contributed by atoms with Gasteiger partial charge in [-0.15, -0.1) is 0 Å². The van der Waals surface area contributed by atoms with Crippen molar-refractivity contribution in [2.75, 3.05) is 25.0 Å². The van der Waals surface area contributed by atoms with Crippen molar-refractivity contribution in [1.82, 2.24) is 4.90 Å². The van der Waals surface area contributed by atoms with Gasteiger partial charge in [0, 0.05) is 23.9 Å². The van der Waals surface area contributed by atoms with Crippen LogP contribution in [0.15, 0.2) is 61.2 Å². The maximum Gasteiger partial charge on any atom is 0.255 e. The van der Waals surface area contributed by atoms with Crippen LogP contribution >= 0.6 is 0 Å². The molecule has 0 aliphatic carbocycles. The summed E-state index contributed by atoms with van der Waals surface area (Å²) in [6.45, 7) is 7.38. The fourth-order valence-corrected chi connectivity index (χ4v) is 3.16. The van der Waals surface area contributed by atoms with E-state index >= 15 is 0 Å². The average Bonchev–Trinajstić information content (AvgIpc) is 2.68. The quantitative estimate of drug-likeness (QED) is 0.748. The molecule has 1 amide bonds. The third-order valence-corrected chi connectivity index (χ3v) is 4.53. The Balaban J connectivity index is 1.58. The third-order valence-electron chi connectivity index (χ3n) is 4.53. The van der Waals surface area contributed by atoms with E-state index in [0.717, 1.165) is 6.54 Å². The molecule has 1 saturated heterocycles. The molecule has 26 heavy (non-hydrogen) atoms. The molecular weight excluding hydrogens is 324 g/mol. The van der Waals surface area contributed by atoms with Crippen molar-refractivity contribution in [2.45, 2.75) is 25.8 Å². The zero-order valence-corrected chi connectivity index (χ0v) is 15.1. The van der Waals surface area contributed by atoms with E-state index in [4.69, 9.17) is 4.74 Å². The van der Waals surface area contributed by atoms with Gasteiger partial charge >= 0.3 is 0 Å². The Labute approximate surface area is 155 Å². The highest BCUT2D eigenvalue weighted by atomic mass is 16.5. The molecule has 1 heterocycles. The van der Waals surface area contributed by atoms with Crippen molar-refractivity contribution < 1.29 is 9.53 Å². The molecule has 0 bridgehead atoms. The molecular formula is C22H26N2O2. The smallest absolute Gasteiger partial charge is 0.255 e. The molecule has 0 spiro atoms. The van der Waals surface area contributed by atoms with Crippen LogP contribution in [0.1, 0.15) is 35.2 Å². The van der Waals surface area contributed by atoms with Crippen LogP contribution in [-0.4, -0.2) is 30.5 Å². The highest BCUT2D eigenvalue weighted by Crippen LogP contribution is 2.19. The molecule has 2 aromatic carbocycles. The van der Waals surface area contributed by atoms with E-state index in [2.05, 4.69) is 16.8 Å². The highest BCUT2D eigenvalue weighted by Gasteiger charge is 2.11. The van der Waals surface area contributed by atoms with E-state index in [-0.39, 0.29) is 5.91 Å². The Hall–Kier alpha value is -2.59. The molecule has 0 saturated carbocycles. The molecule has 1 aliphatic heterocycles. The number of nitrogens with one attached hydrogen (secondary N) is 1. The summed E-state index contributed by atoms with van der Waals surface area (Å²) in [7, 11) is 0. The number of benzene rings is 2. The molecule has 0 unspecified atom stereocenters. The topological polar surface area (TPSA) is 41.6 Å². The van der Waals surface area contributed by atoms with Gasteiger partial charge in [-0.3, -0.25) is 9.69 Å². The summed E-state index contributed by atoms with van der Waals surface area (Å²) in [6, 6.07) is 15.3. The number of carbonyl (C=O) groups is 1. The fourth-order valence-electron chi connectivity index (χ4n) is 3.16. The molecule has 4 nitrogen and oxygen atoms in total. The average molecular weight is 350 g/mol. The number of amides is 1. The van der Waals surface area contributed by atoms with Crippen LogP contribution < -0.4 is 10.1 Å². The van der Waals surface area contributed by atoms with Gasteiger partial charge in [0.15, 0.2) is 0 Å². The number of hydrogen-bond acceptors (Lipinski definition) is 3. The number of ether oxygens (including phenoxy) is 1. The van der Waals surface area contributed by atoms with Crippen LogP contribution in [0.4, 0.5) is 5.69 Å². The lowest BCUT2D eigenvalue weighted by Crippen LogP contribution is -2.29. The molecule has 0 aromatic heterocycles. The minimum atomic E-state index is -0.115. The minimum absolute atomic E-state index is 0.115. The minimum Gasteiger partial charge on any atom is -0.489 e. The molecule has 1 fully saturated rings. The van der Waals surface area contributed by atoms with Gasteiger partial charge in [-0.1, -0.05) is 37.3 Å². The van der Waals surface area contributed by atoms with Crippen molar-refractivity contribution in [3.05, 3.63) is 72.3 Å². The monoisotopic (exact) mass is 350 g/mol. The molecule has 2 aromatic rings. The van der Waals surface area contributed by atoms with Gasteiger partial charge in [-0.2, -0.15) is 0 Å². The number of rotatable bonds is 7. The van der Waals surface area contributed by atoms with Crippen LogP contribution in [0.3, 0.4) is 0 Å². The second-order valence-corrected chi connectivity index (χ2v) is 6.62. The van der Waals surface area contributed by atoms with Gasteiger partial charge in [0.25, 0.3) is 5.91 Å². The standard InChI is InChI=1S/C22H26N2O2/c1-2-15-26-21-8-6-7-20(16-21)23-22(25)19-11-9-18(10-12-19)17-24-13-4-3-5-14-24/h2,6-12,16H,1,3-5,13-15,17H2,(H,23,25). The lowest BCUT2D eigenvalue weighted by molar-refractivity contribution is 0.102. The van der Waals surface area contributed by atoms with E-state index in [1.807, 2.05) is 48.5 Å². The van der Waals surface area contributed by atoms with Gasteiger partial charge in [-0.05, 0) is 55.8 Å². The Kier molecular flexibility index (Phi) is 6.45. The summed E-state index contributed by atoms with van der Waals surface area (Å²) < 4.78 is 5.50. The van der Waals surface area contributed by atoms with Crippen LogP contribution in [0, 0.1) is 0 Å². The van der Waals surface area contributed by atoms with Crippen LogP contribution in [0.5, 0.6) is 5.75 Å². The first-order chi connectivity index (χ1) is 12.7. The normalized spacial score (nSPS) is 14.6. The summed E-state index contributed by atoms with van der Waals surface area (Å²) >= 11 is 0. The summed E-state index contributed by atoms with van der Waals surface area (Å²) in [4.78, 5) is 14.9. The molecule has 0 radical (unpaired) electrons. The van der Waals surface area contributed by atoms with Gasteiger partial charge in [0.2, 0.25) is 0 Å². The number of anilines is 1. The van der Waals surface area contributed by atoms with E-state index in [1.54, 1.807) is 6.08 Å². The number of likely N-dealkylation sites (tertiary alicyclic amines) is 1. The second kappa shape index (κ2) is 9.20. The summed E-state index contributed by atoms with van der Waals surface area (Å²) in [6.07, 6.45) is 5.61. The second-order valence-electron chi connectivity index (χ2n) is 6.62. The summed E-state index contributed by atoms with van der Waals surface area (Å²) in [5.41, 5.74) is 2.63. The van der Waals surface area contributed by atoms with Gasteiger partial charge in [-0.25, -0.2) is 0 Å². The van der Waals surface area contributed by atoms with Crippen LogP contribution in [0.25, 0.3) is 0 Å². The van der Waals surface area contributed by atoms with Crippen molar-refractivity contribution in [1.29, 1.82) is 0 Å². The van der Waals surface area contributed by atoms with Crippen LogP contribution in [-0.2, 0) is 6.54 Å². The first kappa shape index (κ1) is 18.2. The zero-order chi connectivity index (χ0) is 18.2. The summed E-state index contributed by atoms with van der Waals surface area (Å²) in [5.74, 6) is 0.593.